The van der Waals surface area contributed by atoms with Crippen molar-refractivity contribution in [2.24, 2.45) is 0 Å². The van der Waals surface area contributed by atoms with E-state index in [1.807, 2.05) is 13.8 Å². The molecule has 0 unspecified atom stereocenters. The summed E-state index contributed by atoms with van der Waals surface area (Å²) < 4.78 is 13.1. The van der Waals surface area contributed by atoms with Crippen LogP contribution in [-0.4, -0.2) is 4.99 Å². The molecule has 20 heavy (non-hydrogen) atoms. The third kappa shape index (κ3) is 4.02. The highest BCUT2D eigenvalue weighted by Gasteiger charge is 2.15. The third-order valence-electron chi connectivity index (χ3n) is 2.48. The fourth-order valence-corrected chi connectivity index (χ4v) is 2.87. The minimum Gasteiger partial charge on any atom is -0.351 e. The van der Waals surface area contributed by atoms with E-state index in [2.05, 4.69) is 30.2 Å². The van der Waals surface area contributed by atoms with Crippen LogP contribution >= 0.6 is 23.6 Å². The van der Waals surface area contributed by atoms with Gasteiger partial charge in [0.25, 0.3) is 0 Å². The third-order valence-corrected chi connectivity index (χ3v) is 4.01. The topological polar surface area (TPSA) is 24.1 Å². The highest BCUT2D eigenvalue weighted by Crippen LogP contribution is 2.30. The minimum atomic E-state index is -0.405. The van der Waals surface area contributed by atoms with Crippen molar-refractivity contribution in [1.29, 1.82) is 0 Å². The Balaban J connectivity index is 0.000000956. The van der Waals surface area contributed by atoms with Crippen LogP contribution in [0.2, 0.25) is 0 Å². The van der Waals surface area contributed by atoms with E-state index in [9.17, 15) is 4.39 Å². The summed E-state index contributed by atoms with van der Waals surface area (Å²) in [7, 11) is 0. The van der Waals surface area contributed by atoms with Crippen LogP contribution < -0.4 is 10.6 Å². The quantitative estimate of drug-likeness (QED) is 0.613. The molecular weight excluding hydrogens is 291 g/mol. The number of thiocarbonyl (C=S) groups is 1. The standard InChI is InChI=1S/C13H13FN2S2.C2H6/c1-3-8(14)5-9-7-15-13-11(12(17)16-9)6-10(4-2)18-13;1-2/h3,5-7,15H,1,4H2,2H3,(H,16,17);1-2H3/b8-5+;. The number of fused-ring (bicyclic) bond motifs is 1. The summed E-state index contributed by atoms with van der Waals surface area (Å²) >= 11 is 6.97. The first kappa shape index (κ1) is 16.6. The van der Waals surface area contributed by atoms with E-state index in [1.165, 1.54) is 11.0 Å². The van der Waals surface area contributed by atoms with Crippen molar-refractivity contribution in [2.75, 3.05) is 5.32 Å². The average molecular weight is 310 g/mol. The number of halogens is 1. The van der Waals surface area contributed by atoms with Gasteiger partial charge >= 0.3 is 0 Å². The molecule has 2 nitrogen and oxygen atoms in total. The average Bonchev–Trinajstić information content (AvgIpc) is 2.84. The molecule has 5 heteroatoms. The molecule has 2 heterocycles. The summed E-state index contributed by atoms with van der Waals surface area (Å²) in [6.07, 6.45) is 5.19. The number of hydrogen-bond donors (Lipinski definition) is 2. The summed E-state index contributed by atoms with van der Waals surface area (Å²) in [4.78, 5) is 1.87. The van der Waals surface area contributed by atoms with Crippen LogP contribution in [0.5, 0.6) is 0 Å². The zero-order valence-corrected chi connectivity index (χ0v) is 13.6. The molecule has 0 atom stereocenters. The fourth-order valence-electron chi connectivity index (χ4n) is 1.56. The van der Waals surface area contributed by atoms with E-state index in [1.54, 1.807) is 17.5 Å². The molecule has 108 valence electrons. The Morgan fingerprint density at radius 1 is 1.50 bits per heavy atom. The van der Waals surface area contributed by atoms with Crippen molar-refractivity contribution in [2.45, 2.75) is 27.2 Å². The summed E-state index contributed by atoms with van der Waals surface area (Å²) in [6, 6.07) is 2.06. The lowest BCUT2D eigenvalue weighted by molar-refractivity contribution is 0.665. The summed E-state index contributed by atoms with van der Waals surface area (Å²) in [5, 5.41) is 7.15. The fraction of sp³-hybridized carbons (Fsp3) is 0.267. The van der Waals surface area contributed by atoms with Crippen molar-refractivity contribution in [3.05, 3.63) is 53.0 Å². The van der Waals surface area contributed by atoms with Crippen LogP contribution in [0.15, 0.2) is 42.5 Å². The van der Waals surface area contributed by atoms with Gasteiger partial charge in [-0.05, 0) is 24.6 Å². The molecule has 1 aromatic rings. The number of thiophene rings is 1. The van der Waals surface area contributed by atoms with Crippen LogP contribution in [0.4, 0.5) is 9.39 Å². The number of hydrogen-bond acceptors (Lipinski definition) is 3. The molecule has 0 amide bonds. The molecule has 0 aromatic carbocycles. The second kappa shape index (κ2) is 7.97. The van der Waals surface area contributed by atoms with Gasteiger partial charge in [0.2, 0.25) is 0 Å². The summed E-state index contributed by atoms with van der Waals surface area (Å²) in [5.74, 6) is -0.405. The van der Waals surface area contributed by atoms with Gasteiger partial charge in [-0.15, -0.1) is 11.3 Å². The van der Waals surface area contributed by atoms with Gasteiger partial charge in [-0.1, -0.05) is 39.6 Å². The molecule has 2 rings (SSSR count). The van der Waals surface area contributed by atoms with Crippen molar-refractivity contribution in [3.63, 3.8) is 0 Å². The van der Waals surface area contributed by atoms with Gasteiger partial charge in [-0.25, -0.2) is 4.39 Å². The van der Waals surface area contributed by atoms with E-state index in [0.717, 1.165) is 23.1 Å². The number of rotatable bonds is 3. The Bertz CT molecular complexity index is 556. The molecule has 0 aliphatic carbocycles. The van der Waals surface area contributed by atoms with Crippen LogP contribution in [0, 0.1) is 0 Å². The Kier molecular flexibility index (Phi) is 6.61. The number of aryl methyl sites for hydroxylation is 1. The van der Waals surface area contributed by atoms with Crippen molar-refractivity contribution in [1.82, 2.24) is 5.32 Å². The largest absolute Gasteiger partial charge is 0.351 e. The first-order valence-electron chi connectivity index (χ1n) is 6.54. The SMILES string of the molecule is C=C/C(F)=C\C1=CNc2sc(CC)cc2C(=S)N1.CC. The van der Waals surface area contributed by atoms with E-state index >= 15 is 0 Å². The van der Waals surface area contributed by atoms with E-state index < -0.39 is 5.83 Å². The van der Waals surface area contributed by atoms with Crippen molar-refractivity contribution >= 4 is 33.5 Å². The van der Waals surface area contributed by atoms with Crippen LogP contribution in [0.25, 0.3) is 0 Å². The van der Waals surface area contributed by atoms with Gasteiger partial charge in [-0.3, -0.25) is 0 Å². The van der Waals surface area contributed by atoms with Gasteiger partial charge < -0.3 is 10.6 Å². The molecule has 0 saturated heterocycles. The molecular formula is C15H19FN2S2. The van der Waals surface area contributed by atoms with Crippen LogP contribution in [-0.2, 0) is 6.42 Å². The number of nitrogens with one attached hydrogen (secondary N) is 2. The van der Waals surface area contributed by atoms with Gasteiger partial charge in [0.05, 0.1) is 5.70 Å². The molecule has 1 aliphatic heterocycles. The molecule has 1 aliphatic rings. The Labute approximate surface area is 129 Å². The Hall–Kier alpha value is -1.46. The van der Waals surface area contributed by atoms with E-state index in [4.69, 9.17) is 12.2 Å². The molecule has 1 aromatic heterocycles. The van der Waals surface area contributed by atoms with Gasteiger partial charge in [0.15, 0.2) is 0 Å². The molecule has 0 bridgehead atoms. The zero-order valence-electron chi connectivity index (χ0n) is 11.9. The monoisotopic (exact) mass is 310 g/mol. The molecule has 0 radical (unpaired) electrons. The van der Waals surface area contributed by atoms with Crippen LogP contribution in [0.1, 0.15) is 31.2 Å². The smallest absolute Gasteiger partial charge is 0.124 e. The highest BCUT2D eigenvalue weighted by molar-refractivity contribution is 7.80. The lowest BCUT2D eigenvalue weighted by atomic mass is 10.2. The molecule has 0 fully saturated rings. The molecule has 2 N–H and O–H groups in total. The van der Waals surface area contributed by atoms with Gasteiger partial charge in [-0.2, -0.15) is 0 Å². The first-order valence-corrected chi connectivity index (χ1v) is 7.77. The second-order valence-electron chi connectivity index (χ2n) is 3.74. The van der Waals surface area contributed by atoms with Gasteiger partial charge in [0.1, 0.15) is 15.8 Å². The second-order valence-corrected chi connectivity index (χ2v) is 5.29. The molecule has 0 saturated carbocycles. The highest BCUT2D eigenvalue weighted by atomic mass is 32.1. The van der Waals surface area contributed by atoms with Crippen LogP contribution in [0.3, 0.4) is 0 Å². The Morgan fingerprint density at radius 3 is 2.80 bits per heavy atom. The number of allylic oxidation sites excluding steroid dienone is 3. The van der Waals surface area contributed by atoms with Crippen molar-refractivity contribution < 1.29 is 4.39 Å². The zero-order chi connectivity index (χ0) is 15.1. The minimum absolute atomic E-state index is 0.405. The predicted octanol–water partition coefficient (Wildman–Crippen LogP) is 4.91. The lowest BCUT2D eigenvalue weighted by Gasteiger charge is -2.04. The van der Waals surface area contributed by atoms with Gasteiger partial charge in [0, 0.05) is 16.6 Å². The maximum Gasteiger partial charge on any atom is 0.124 e. The predicted molar refractivity (Wildman–Crippen MR) is 91.0 cm³/mol. The summed E-state index contributed by atoms with van der Waals surface area (Å²) in [6.45, 7) is 9.47. The molecule has 0 spiro atoms. The maximum absolute atomic E-state index is 13.1. The van der Waals surface area contributed by atoms with E-state index in [0.29, 0.717) is 10.7 Å². The normalized spacial score (nSPS) is 13.9. The van der Waals surface area contributed by atoms with E-state index in [-0.39, 0.29) is 0 Å². The lowest BCUT2D eigenvalue weighted by Crippen LogP contribution is -2.19. The number of anilines is 1. The Morgan fingerprint density at radius 2 is 2.20 bits per heavy atom. The maximum atomic E-state index is 13.1. The summed E-state index contributed by atoms with van der Waals surface area (Å²) in [5.41, 5.74) is 1.55. The first-order chi connectivity index (χ1) is 9.63. The van der Waals surface area contributed by atoms with Crippen molar-refractivity contribution in [3.8, 4) is 0 Å².